The molecule has 1 amide bonds. The molecule has 122 valence electrons. The normalized spacial score (nSPS) is 10.3. The van der Waals surface area contributed by atoms with Gasteiger partial charge in [-0.1, -0.05) is 50.2 Å². The van der Waals surface area contributed by atoms with Crippen molar-refractivity contribution >= 4 is 74.8 Å². The first kappa shape index (κ1) is 19.9. The number of ether oxygens (including phenoxy) is 1. The quantitative estimate of drug-likeness (QED) is 0.0919. The summed E-state index contributed by atoms with van der Waals surface area (Å²) in [6.45, 7) is 0. The zero-order valence-electron chi connectivity index (χ0n) is 11.2. The minimum absolute atomic E-state index is 0.170. The van der Waals surface area contributed by atoms with Gasteiger partial charge in [0.15, 0.2) is 5.75 Å². The predicted octanol–water partition coefficient (Wildman–Crippen LogP) is 3.61. The zero-order chi connectivity index (χ0) is 16.4. The van der Waals surface area contributed by atoms with Gasteiger partial charge in [0.05, 0.1) is 24.2 Å². The molecule has 0 spiro atoms. The predicted molar refractivity (Wildman–Crippen MR) is 98.4 cm³/mol. The maximum Gasteiger partial charge on any atom is 0.312 e. The maximum atomic E-state index is 11.7. The van der Waals surface area contributed by atoms with Crippen LogP contribution in [-0.4, -0.2) is 26.0 Å². The Morgan fingerprint density at radius 3 is 2.59 bits per heavy atom. The average Bonchev–Trinajstić information content (AvgIpc) is 2.48. The Bertz CT molecular complexity index is 516. The van der Waals surface area contributed by atoms with E-state index in [-0.39, 0.29) is 18.1 Å². The molecule has 0 aliphatic heterocycles. The summed E-state index contributed by atoms with van der Waals surface area (Å²) in [5, 5.41) is 14.4. The Morgan fingerprint density at radius 2 is 1.95 bits per heavy atom. The number of esters is 1. The van der Waals surface area contributed by atoms with Crippen molar-refractivity contribution in [3.63, 3.8) is 0 Å². The Hall–Kier alpha value is -0.150. The second-order valence-corrected chi connectivity index (χ2v) is 6.72. The van der Waals surface area contributed by atoms with E-state index in [1.165, 1.54) is 6.07 Å². The Kier molecular flexibility index (Phi) is 10.3. The summed E-state index contributed by atoms with van der Waals surface area (Å²) in [4.78, 5) is 23.9. The average molecular weight is 553 g/mol. The van der Waals surface area contributed by atoms with Crippen molar-refractivity contribution in [1.29, 1.82) is 0 Å². The number of anilines is 1. The molecule has 0 heterocycles. The monoisotopic (exact) mass is 553 g/mol. The van der Waals surface area contributed by atoms with Gasteiger partial charge < -0.3 is 10.1 Å². The largest absolute Gasteiger partial charge is 0.424 e. The third-order valence-corrected chi connectivity index (χ3v) is 3.89. The van der Waals surface area contributed by atoms with E-state index in [1.807, 2.05) is 0 Å². The number of hydrogen-bond donors (Lipinski definition) is 2. The number of amides is 1. The Balaban J connectivity index is 2.92. The van der Waals surface area contributed by atoms with Crippen LogP contribution < -0.4 is 10.1 Å². The summed E-state index contributed by atoms with van der Waals surface area (Å²) in [6.07, 6.45) is 0.620. The van der Waals surface area contributed by atoms with Gasteiger partial charge >= 0.3 is 5.97 Å². The highest BCUT2D eigenvalue weighted by Crippen LogP contribution is 2.31. The molecule has 1 rings (SSSR count). The van der Waals surface area contributed by atoms with Gasteiger partial charge in [-0.2, -0.15) is 0 Å². The third kappa shape index (κ3) is 7.41. The summed E-state index contributed by atoms with van der Waals surface area (Å²) in [5.74, 6) is -0.362. The van der Waals surface area contributed by atoms with Gasteiger partial charge in [0.1, 0.15) is 0 Å². The van der Waals surface area contributed by atoms with Crippen LogP contribution in [0, 0.1) is 0 Å². The minimum atomic E-state index is -0.403. The highest BCUT2D eigenvalue weighted by Gasteiger charge is 2.13. The summed E-state index contributed by atoms with van der Waals surface area (Å²) in [6, 6.07) is 4.72. The molecule has 0 saturated carbocycles. The molecule has 1 aromatic carbocycles. The van der Waals surface area contributed by atoms with Gasteiger partial charge in [-0.25, -0.2) is 5.26 Å². The molecule has 0 aromatic heterocycles. The zero-order valence-corrected chi connectivity index (χ0v) is 16.3. The lowest BCUT2D eigenvalue weighted by atomic mass is 10.2. The van der Waals surface area contributed by atoms with Gasteiger partial charge in [0, 0.05) is 20.2 Å². The number of carbonyl (C=O) groups excluding carboxylic acids is 2. The molecule has 10 heteroatoms. The smallest absolute Gasteiger partial charge is 0.312 e. The molecule has 0 aliphatic carbocycles. The maximum absolute atomic E-state index is 11.7. The van der Waals surface area contributed by atoms with Crippen molar-refractivity contribution in [2.45, 2.75) is 17.7 Å². The van der Waals surface area contributed by atoms with Gasteiger partial charge in [-0.3, -0.25) is 9.59 Å². The van der Waals surface area contributed by atoms with Crippen LogP contribution in [-0.2, 0) is 19.0 Å². The van der Waals surface area contributed by atoms with Crippen molar-refractivity contribution in [2.24, 2.45) is 0 Å². The number of nitrogens with one attached hydrogen (secondary N) is 1. The second-order valence-electron chi connectivity index (χ2n) is 3.78. The van der Waals surface area contributed by atoms with Gasteiger partial charge in [0.25, 0.3) is 0 Å². The topological polar surface area (TPSA) is 94.1 Å². The highest BCUT2D eigenvalue weighted by atomic mass is 127. The van der Waals surface area contributed by atoms with E-state index >= 15 is 0 Å². The number of halogens is 2. The Morgan fingerprint density at radius 1 is 1.23 bits per heavy atom. The van der Waals surface area contributed by atoms with Crippen LogP contribution in [0.3, 0.4) is 0 Å². The van der Waals surface area contributed by atoms with Gasteiger partial charge in [-0.05, 0) is 18.2 Å². The number of hydrogen-bond acceptors (Lipinski definition) is 7. The molecular weight excluding hydrogens is 540 g/mol. The summed E-state index contributed by atoms with van der Waals surface area (Å²) < 4.78 is 10.9. The molecule has 0 saturated heterocycles. The van der Waals surface area contributed by atoms with Crippen LogP contribution in [0.15, 0.2) is 23.1 Å². The van der Waals surface area contributed by atoms with E-state index in [0.29, 0.717) is 25.9 Å². The summed E-state index contributed by atoms with van der Waals surface area (Å²) in [5.41, 5.74) is 0.394. The number of rotatable bonds is 9. The van der Waals surface area contributed by atoms with Crippen LogP contribution in [0.4, 0.5) is 5.69 Å². The molecule has 0 fully saturated rings. The molecular formula is C12H13I2NO6S. The van der Waals surface area contributed by atoms with Crippen molar-refractivity contribution in [3.8, 4) is 5.75 Å². The fourth-order valence-electron chi connectivity index (χ4n) is 1.35. The van der Waals surface area contributed by atoms with Crippen LogP contribution >= 0.6 is 57.2 Å². The lowest BCUT2D eigenvalue weighted by molar-refractivity contribution is -0.432. The van der Waals surface area contributed by atoms with Crippen LogP contribution in [0.2, 0.25) is 0 Å². The molecule has 0 aliphatic rings. The first-order chi connectivity index (χ1) is 10.6. The van der Waals surface area contributed by atoms with E-state index in [4.69, 9.17) is 9.99 Å². The fourth-order valence-corrected chi connectivity index (χ4v) is 2.66. The van der Waals surface area contributed by atoms with Crippen LogP contribution in [0.1, 0.15) is 12.8 Å². The first-order valence-electron chi connectivity index (χ1n) is 6.02. The molecule has 0 atom stereocenters. The van der Waals surface area contributed by atoms with Crippen molar-refractivity contribution in [1.82, 2.24) is 0 Å². The third-order valence-electron chi connectivity index (χ3n) is 2.23. The second kappa shape index (κ2) is 11.4. The number of alkyl halides is 2. The van der Waals surface area contributed by atoms with Crippen LogP contribution in [0.5, 0.6) is 5.75 Å². The summed E-state index contributed by atoms with van der Waals surface area (Å²) in [7, 11) is 0. The molecule has 0 unspecified atom stereocenters. The van der Waals surface area contributed by atoms with E-state index < -0.39 is 5.97 Å². The van der Waals surface area contributed by atoms with E-state index in [0.717, 1.165) is 12.0 Å². The number of benzene rings is 1. The van der Waals surface area contributed by atoms with Crippen molar-refractivity contribution in [2.75, 3.05) is 14.2 Å². The van der Waals surface area contributed by atoms with Crippen molar-refractivity contribution in [3.05, 3.63) is 18.2 Å². The Labute approximate surface area is 158 Å². The first-order valence-corrected chi connectivity index (χ1v) is 9.81. The SMILES string of the molecule is O=C(CCI)Nc1ccc(SOOO)cc1OC(=O)CCI. The molecule has 7 nitrogen and oxygen atoms in total. The molecule has 1 aromatic rings. The van der Waals surface area contributed by atoms with E-state index in [2.05, 4.69) is 59.9 Å². The number of carbonyl (C=O) groups is 2. The molecule has 2 N–H and O–H groups in total. The van der Waals surface area contributed by atoms with E-state index in [9.17, 15) is 9.59 Å². The van der Waals surface area contributed by atoms with Crippen molar-refractivity contribution < 1.29 is 29.0 Å². The standard InChI is InChI=1S/C12H13I2NO6S/c13-5-3-11(16)15-9-2-1-8(22-21-20-18)7-10(9)19-12(17)4-6-14/h1-2,7,18H,3-6H2,(H,15,16). The van der Waals surface area contributed by atoms with Gasteiger partial charge in [-0.15, -0.1) is 4.33 Å². The minimum Gasteiger partial charge on any atom is -0.424 e. The highest BCUT2D eigenvalue weighted by molar-refractivity contribution is 14.1. The van der Waals surface area contributed by atoms with Gasteiger partial charge in [0.2, 0.25) is 5.91 Å². The lowest BCUT2D eigenvalue weighted by Gasteiger charge is -2.12. The molecule has 22 heavy (non-hydrogen) atoms. The molecule has 0 radical (unpaired) electrons. The summed E-state index contributed by atoms with van der Waals surface area (Å²) >= 11 is 4.91. The lowest BCUT2D eigenvalue weighted by Crippen LogP contribution is -2.15. The molecule has 0 bridgehead atoms. The van der Waals surface area contributed by atoms with Crippen LogP contribution in [0.25, 0.3) is 0 Å². The fraction of sp³-hybridized carbons (Fsp3) is 0.333. The van der Waals surface area contributed by atoms with E-state index in [1.54, 1.807) is 12.1 Å².